The molecule has 4 heteroatoms. The first-order valence-electron chi connectivity index (χ1n) is 26.3. The Morgan fingerprint density at radius 1 is 0.342 bits per heavy atom. The summed E-state index contributed by atoms with van der Waals surface area (Å²) in [5.41, 5.74) is 25.3. The lowest BCUT2D eigenvalue weighted by Gasteiger charge is -2.39. The van der Waals surface area contributed by atoms with E-state index in [-0.39, 0.29) is 5.41 Å². The third-order valence-corrected chi connectivity index (χ3v) is 19.3. The molecule has 16 rings (SSSR count). The molecule has 0 fully saturated rings. The molecule has 1 atom stereocenters. The van der Waals surface area contributed by atoms with Crippen molar-refractivity contribution in [3.8, 4) is 33.4 Å². The quantitative estimate of drug-likeness (QED) is 0.158. The van der Waals surface area contributed by atoms with Gasteiger partial charge in [0, 0.05) is 42.6 Å². The van der Waals surface area contributed by atoms with Gasteiger partial charge in [-0.1, -0.05) is 208 Å². The zero-order chi connectivity index (χ0) is 50.3. The van der Waals surface area contributed by atoms with Crippen molar-refractivity contribution in [3.63, 3.8) is 0 Å². The number of hydrogen-bond acceptors (Lipinski definition) is 4. The summed E-state index contributed by atoms with van der Waals surface area (Å²) in [5.74, 6) is 0. The van der Waals surface area contributed by atoms with Gasteiger partial charge in [0.15, 0.2) is 0 Å². The monoisotopic (exact) mass is 1000 g/mol. The SMILES string of the molecule is CC1(C)c2ccccc2-c2cc(N(c3ccc4c(c3)C(c3ccccc3)(c3ccc5ncsc5c3)c3ccccc3-4)c3ccc4c(c3)sc3ccccc34)cc(C3(c4ccccc4)c4ccccc4-c4ccccc43)c21. The van der Waals surface area contributed by atoms with E-state index >= 15 is 0 Å². The highest BCUT2D eigenvalue weighted by Gasteiger charge is 2.52. The van der Waals surface area contributed by atoms with Crippen molar-refractivity contribution >= 4 is 70.1 Å². The Labute approximate surface area is 450 Å². The molecule has 3 aliphatic carbocycles. The van der Waals surface area contributed by atoms with Gasteiger partial charge >= 0.3 is 0 Å². The standard InChI is InChI=1S/C72H48N2S2/c1-70(2)59-28-14-9-26-54(59)58-40-50(42-64(69(58)70)72(46-21-7-4-8-22-46)61-30-16-11-23-51(61)52-24-12-17-31-62(52)72)74(49-35-37-57-56-27-13-18-32-66(56)76-67(57)43-49)48-34-36-55-53-25-10-15-29-60(53)71(63(55)41-48,45-19-5-3-6-20-45)47-33-38-65-68(39-47)75-44-73-65/h3-44H,1-2H3. The summed E-state index contributed by atoms with van der Waals surface area (Å²) in [6.07, 6.45) is 0. The van der Waals surface area contributed by atoms with Crippen molar-refractivity contribution in [2.24, 2.45) is 0 Å². The van der Waals surface area contributed by atoms with Crippen LogP contribution in [-0.2, 0) is 16.2 Å². The molecule has 0 saturated carbocycles. The molecule has 2 aromatic heterocycles. The van der Waals surface area contributed by atoms with Crippen LogP contribution in [0.2, 0.25) is 0 Å². The highest BCUT2D eigenvalue weighted by atomic mass is 32.1. The molecule has 1 unspecified atom stereocenters. The average molecular weight is 1010 g/mol. The third kappa shape index (κ3) is 5.83. The Morgan fingerprint density at radius 3 is 1.57 bits per heavy atom. The summed E-state index contributed by atoms with van der Waals surface area (Å²) in [6, 6.07) is 94.6. The van der Waals surface area contributed by atoms with Gasteiger partial charge in [-0.2, -0.15) is 0 Å². The second kappa shape index (κ2) is 16.2. The molecule has 0 N–H and O–H groups in total. The predicted molar refractivity (Wildman–Crippen MR) is 319 cm³/mol. The maximum atomic E-state index is 4.76. The molecule has 13 aromatic rings. The van der Waals surface area contributed by atoms with Gasteiger partial charge in [0.2, 0.25) is 0 Å². The highest BCUT2D eigenvalue weighted by Crippen LogP contribution is 2.63. The van der Waals surface area contributed by atoms with Crippen LogP contribution in [0.4, 0.5) is 17.1 Å². The van der Waals surface area contributed by atoms with Crippen molar-refractivity contribution < 1.29 is 0 Å². The van der Waals surface area contributed by atoms with Crippen LogP contribution in [0.25, 0.3) is 63.8 Å². The lowest BCUT2D eigenvalue weighted by molar-refractivity contribution is 0.631. The molecule has 0 saturated heterocycles. The second-order valence-electron chi connectivity index (χ2n) is 21.3. The van der Waals surface area contributed by atoms with Crippen LogP contribution in [0.3, 0.4) is 0 Å². The molecule has 3 aliphatic rings. The zero-order valence-corrected chi connectivity index (χ0v) is 43.6. The molecule has 2 heterocycles. The van der Waals surface area contributed by atoms with Crippen molar-refractivity contribution in [2.75, 3.05) is 4.90 Å². The van der Waals surface area contributed by atoms with Crippen LogP contribution >= 0.6 is 22.7 Å². The number of nitrogens with zero attached hydrogens (tertiary/aromatic N) is 2. The number of thiazole rings is 1. The Morgan fingerprint density at radius 2 is 0.868 bits per heavy atom. The summed E-state index contributed by atoms with van der Waals surface area (Å²) in [5, 5.41) is 2.58. The lowest BCUT2D eigenvalue weighted by atomic mass is 9.63. The molecule has 11 aromatic carbocycles. The molecule has 358 valence electrons. The average Bonchev–Trinajstić information content (AvgIpc) is 4.47. The zero-order valence-electron chi connectivity index (χ0n) is 42.0. The van der Waals surface area contributed by atoms with Gasteiger partial charge in [-0.3, -0.25) is 0 Å². The number of rotatable bonds is 7. The molecule has 0 amide bonds. The first-order chi connectivity index (χ1) is 37.4. The van der Waals surface area contributed by atoms with Crippen molar-refractivity contribution in [3.05, 3.63) is 310 Å². The highest BCUT2D eigenvalue weighted by molar-refractivity contribution is 7.25. The fourth-order valence-corrected chi connectivity index (χ4v) is 16.1. The number of aromatic nitrogens is 1. The number of benzene rings is 11. The Bertz CT molecular complexity index is 4480. The number of anilines is 3. The van der Waals surface area contributed by atoms with Crippen LogP contribution in [0, 0.1) is 0 Å². The lowest BCUT2D eigenvalue weighted by Crippen LogP contribution is -2.33. The third-order valence-electron chi connectivity index (χ3n) is 17.3. The van der Waals surface area contributed by atoms with E-state index in [0.717, 1.165) is 22.6 Å². The van der Waals surface area contributed by atoms with Crippen molar-refractivity contribution in [1.82, 2.24) is 4.98 Å². The van der Waals surface area contributed by atoms with E-state index in [4.69, 9.17) is 4.98 Å². The van der Waals surface area contributed by atoms with Crippen molar-refractivity contribution in [1.29, 1.82) is 0 Å². The topological polar surface area (TPSA) is 16.1 Å². The minimum absolute atomic E-state index is 0.317. The molecule has 0 aliphatic heterocycles. The predicted octanol–water partition coefficient (Wildman–Crippen LogP) is 19.2. The van der Waals surface area contributed by atoms with E-state index in [2.05, 4.69) is 267 Å². The summed E-state index contributed by atoms with van der Waals surface area (Å²) in [6.45, 7) is 4.90. The maximum Gasteiger partial charge on any atom is 0.0812 e. The van der Waals surface area contributed by atoms with Crippen LogP contribution in [0.1, 0.15) is 69.5 Å². The number of thiophene rings is 1. The van der Waals surface area contributed by atoms with Gasteiger partial charge in [-0.05, 0) is 144 Å². The normalized spacial score (nSPS) is 16.0. The first kappa shape index (κ1) is 43.7. The molecule has 76 heavy (non-hydrogen) atoms. The largest absolute Gasteiger partial charge is 0.310 e. The number of fused-ring (bicyclic) bond motifs is 13. The van der Waals surface area contributed by atoms with Crippen LogP contribution in [0.5, 0.6) is 0 Å². The molecule has 0 bridgehead atoms. The fraction of sp³-hybridized carbons (Fsp3) is 0.0694. The van der Waals surface area contributed by atoms with E-state index in [9.17, 15) is 0 Å². The molecular weight excluding hydrogens is 957 g/mol. The summed E-state index contributed by atoms with van der Waals surface area (Å²) >= 11 is 3.58. The molecule has 0 spiro atoms. The minimum Gasteiger partial charge on any atom is -0.310 e. The molecule has 0 radical (unpaired) electrons. The molecule has 2 nitrogen and oxygen atoms in total. The van der Waals surface area contributed by atoms with E-state index in [1.54, 1.807) is 11.3 Å². The summed E-state index contributed by atoms with van der Waals surface area (Å²) < 4.78 is 3.74. The van der Waals surface area contributed by atoms with Gasteiger partial charge in [-0.15, -0.1) is 22.7 Å². The smallest absolute Gasteiger partial charge is 0.0812 e. The minimum atomic E-state index is -0.647. The molecular formula is C72H48N2S2. The summed E-state index contributed by atoms with van der Waals surface area (Å²) in [4.78, 5) is 7.34. The van der Waals surface area contributed by atoms with E-state index in [0.29, 0.717) is 0 Å². The van der Waals surface area contributed by atoms with Gasteiger partial charge in [0.25, 0.3) is 0 Å². The number of hydrogen-bond donors (Lipinski definition) is 0. The van der Waals surface area contributed by atoms with Gasteiger partial charge in [-0.25, -0.2) is 4.98 Å². The first-order valence-corrected chi connectivity index (χ1v) is 28.0. The Hall–Kier alpha value is -8.67. The van der Waals surface area contributed by atoms with E-state index in [1.807, 2.05) is 16.8 Å². The van der Waals surface area contributed by atoms with Gasteiger partial charge in [0.05, 0.1) is 26.6 Å². The van der Waals surface area contributed by atoms with E-state index < -0.39 is 10.8 Å². The van der Waals surface area contributed by atoms with Crippen LogP contribution in [0.15, 0.2) is 254 Å². The fourth-order valence-electron chi connectivity index (χ4n) is 14.3. The van der Waals surface area contributed by atoms with Gasteiger partial charge < -0.3 is 4.90 Å². The van der Waals surface area contributed by atoms with E-state index in [1.165, 1.54) is 114 Å². The second-order valence-corrected chi connectivity index (χ2v) is 23.3. The summed E-state index contributed by atoms with van der Waals surface area (Å²) in [7, 11) is 0. The van der Waals surface area contributed by atoms with Gasteiger partial charge in [0.1, 0.15) is 0 Å². The van der Waals surface area contributed by atoms with Crippen LogP contribution < -0.4 is 4.90 Å². The van der Waals surface area contributed by atoms with Crippen LogP contribution in [-0.4, -0.2) is 4.98 Å². The Balaban J connectivity index is 1.04. The van der Waals surface area contributed by atoms with Crippen molar-refractivity contribution in [2.45, 2.75) is 30.1 Å². The Kier molecular flexibility index (Phi) is 9.30. The maximum absolute atomic E-state index is 4.76.